The molecule has 0 aromatic heterocycles. The number of hydrogen-bond acceptors (Lipinski definition) is 4. The maximum Gasteiger partial charge on any atom is 0.143 e. The van der Waals surface area contributed by atoms with Gasteiger partial charge in [0, 0.05) is 6.54 Å². The van der Waals surface area contributed by atoms with E-state index in [9.17, 15) is 5.11 Å². The molecule has 0 spiro atoms. The van der Waals surface area contributed by atoms with Crippen LogP contribution in [-0.2, 0) is 0 Å². The van der Waals surface area contributed by atoms with E-state index in [4.69, 9.17) is 10.5 Å². The minimum Gasteiger partial charge on any atom is -0.495 e. The van der Waals surface area contributed by atoms with Crippen molar-refractivity contribution >= 4 is 11.4 Å². The molecular weight excluding hydrogens is 204 g/mol. The molecule has 1 atom stereocenters. The lowest BCUT2D eigenvalue weighted by Gasteiger charge is -2.14. The largest absolute Gasteiger partial charge is 0.495 e. The van der Waals surface area contributed by atoms with Gasteiger partial charge in [0.15, 0.2) is 0 Å². The minimum atomic E-state index is -0.273. The van der Waals surface area contributed by atoms with Crippen molar-refractivity contribution in [2.75, 3.05) is 24.7 Å². The number of ether oxygens (including phenoxy) is 1. The second-order valence-corrected chi connectivity index (χ2v) is 4.21. The van der Waals surface area contributed by atoms with E-state index in [0.717, 1.165) is 18.5 Å². The molecule has 1 aromatic carbocycles. The zero-order valence-electron chi connectivity index (χ0n) is 9.44. The van der Waals surface area contributed by atoms with Crippen molar-refractivity contribution in [3.05, 3.63) is 18.2 Å². The number of nitrogens with one attached hydrogen (secondary N) is 1. The quantitative estimate of drug-likeness (QED) is 0.660. The molecule has 1 fully saturated rings. The fraction of sp³-hybridized carbons (Fsp3) is 0.500. The van der Waals surface area contributed by atoms with Gasteiger partial charge in [-0.3, -0.25) is 0 Å². The van der Waals surface area contributed by atoms with Gasteiger partial charge in [0.25, 0.3) is 0 Å². The van der Waals surface area contributed by atoms with Gasteiger partial charge in [0.1, 0.15) is 5.75 Å². The first-order chi connectivity index (χ1) is 7.72. The molecule has 0 heterocycles. The highest BCUT2D eigenvalue weighted by atomic mass is 16.5. The van der Waals surface area contributed by atoms with Gasteiger partial charge in [0.05, 0.1) is 24.6 Å². The molecular formula is C12H18N2O2. The number of rotatable bonds is 5. The first-order valence-corrected chi connectivity index (χ1v) is 5.56. The van der Waals surface area contributed by atoms with Crippen LogP contribution in [0.15, 0.2) is 18.2 Å². The first kappa shape index (κ1) is 11.1. The zero-order chi connectivity index (χ0) is 11.5. The standard InChI is InChI=1S/C12H18N2O2/c1-16-11-4-2-3-9(12(11)13)14-7-10(15)8-5-6-8/h2-4,8,10,14-15H,5-7,13H2,1H3. The monoisotopic (exact) mass is 222 g/mol. The van der Waals surface area contributed by atoms with Crippen LogP contribution in [-0.4, -0.2) is 24.9 Å². The molecule has 4 heteroatoms. The molecule has 1 aliphatic rings. The van der Waals surface area contributed by atoms with Crippen molar-refractivity contribution in [1.29, 1.82) is 0 Å². The molecule has 16 heavy (non-hydrogen) atoms. The average molecular weight is 222 g/mol. The van der Waals surface area contributed by atoms with Crippen LogP contribution in [0.3, 0.4) is 0 Å². The van der Waals surface area contributed by atoms with Gasteiger partial charge >= 0.3 is 0 Å². The molecule has 0 bridgehead atoms. The number of nitrogens with two attached hydrogens (primary N) is 1. The van der Waals surface area contributed by atoms with E-state index in [1.165, 1.54) is 0 Å². The highest BCUT2D eigenvalue weighted by Gasteiger charge is 2.29. The Hall–Kier alpha value is -1.42. The summed E-state index contributed by atoms with van der Waals surface area (Å²) >= 11 is 0. The molecule has 0 saturated heterocycles. The Morgan fingerprint density at radius 1 is 1.56 bits per heavy atom. The number of aliphatic hydroxyl groups excluding tert-OH is 1. The molecule has 0 aliphatic heterocycles. The van der Waals surface area contributed by atoms with Crippen LogP contribution < -0.4 is 15.8 Å². The summed E-state index contributed by atoms with van der Waals surface area (Å²) in [6.07, 6.45) is 2.00. The Kier molecular flexibility index (Phi) is 3.19. The van der Waals surface area contributed by atoms with Gasteiger partial charge in [-0.1, -0.05) is 6.07 Å². The van der Waals surface area contributed by atoms with Crippen LogP contribution in [0.4, 0.5) is 11.4 Å². The van der Waals surface area contributed by atoms with Crippen LogP contribution in [0.1, 0.15) is 12.8 Å². The van der Waals surface area contributed by atoms with E-state index in [1.54, 1.807) is 7.11 Å². The number of methoxy groups -OCH3 is 1. The average Bonchev–Trinajstić information content (AvgIpc) is 3.11. The third kappa shape index (κ3) is 2.39. The summed E-state index contributed by atoms with van der Waals surface area (Å²) in [6.45, 7) is 0.544. The fourth-order valence-electron chi connectivity index (χ4n) is 1.74. The second kappa shape index (κ2) is 4.61. The number of para-hydroxylation sites is 1. The molecule has 1 unspecified atom stereocenters. The molecule has 0 radical (unpaired) electrons. The van der Waals surface area contributed by atoms with E-state index in [0.29, 0.717) is 23.9 Å². The second-order valence-electron chi connectivity index (χ2n) is 4.21. The van der Waals surface area contributed by atoms with E-state index < -0.39 is 0 Å². The van der Waals surface area contributed by atoms with Crippen molar-refractivity contribution in [2.24, 2.45) is 5.92 Å². The van der Waals surface area contributed by atoms with Gasteiger partial charge in [-0.2, -0.15) is 0 Å². The van der Waals surface area contributed by atoms with Gasteiger partial charge in [-0.25, -0.2) is 0 Å². The van der Waals surface area contributed by atoms with Crippen LogP contribution in [0.2, 0.25) is 0 Å². The van der Waals surface area contributed by atoms with Crippen molar-refractivity contribution < 1.29 is 9.84 Å². The Morgan fingerprint density at radius 2 is 2.31 bits per heavy atom. The summed E-state index contributed by atoms with van der Waals surface area (Å²) in [4.78, 5) is 0. The molecule has 88 valence electrons. The van der Waals surface area contributed by atoms with Gasteiger partial charge in [0.2, 0.25) is 0 Å². The fourth-order valence-corrected chi connectivity index (χ4v) is 1.74. The molecule has 1 aromatic rings. The lowest BCUT2D eigenvalue weighted by molar-refractivity contribution is 0.164. The topological polar surface area (TPSA) is 67.5 Å². The first-order valence-electron chi connectivity index (χ1n) is 5.56. The smallest absolute Gasteiger partial charge is 0.143 e. The predicted octanol–water partition coefficient (Wildman–Crippen LogP) is 1.46. The number of hydrogen-bond donors (Lipinski definition) is 3. The van der Waals surface area contributed by atoms with E-state index in [-0.39, 0.29) is 6.10 Å². The van der Waals surface area contributed by atoms with Crippen LogP contribution in [0.25, 0.3) is 0 Å². The summed E-state index contributed by atoms with van der Waals surface area (Å²) in [7, 11) is 1.59. The van der Waals surface area contributed by atoms with Crippen molar-refractivity contribution in [2.45, 2.75) is 18.9 Å². The highest BCUT2D eigenvalue weighted by Crippen LogP contribution is 2.33. The van der Waals surface area contributed by atoms with E-state index in [1.807, 2.05) is 18.2 Å². The third-order valence-corrected chi connectivity index (χ3v) is 2.95. The lowest BCUT2D eigenvalue weighted by atomic mass is 10.2. The van der Waals surface area contributed by atoms with Crippen LogP contribution in [0, 0.1) is 5.92 Å². The summed E-state index contributed by atoms with van der Waals surface area (Å²) in [5, 5.41) is 12.9. The minimum absolute atomic E-state index is 0.273. The van der Waals surface area contributed by atoms with Crippen LogP contribution >= 0.6 is 0 Å². The number of anilines is 2. The highest BCUT2D eigenvalue weighted by molar-refractivity contribution is 5.72. The number of aliphatic hydroxyl groups is 1. The maximum atomic E-state index is 9.73. The lowest BCUT2D eigenvalue weighted by Crippen LogP contribution is -2.21. The maximum absolute atomic E-state index is 9.73. The Balaban J connectivity index is 1.97. The third-order valence-electron chi connectivity index (χ3n) is 2.95. The normalized spacial score (nSPS) is 16.9. The summed E-state index contributed by atoms with van der Waals surface area (Å²) < 4.78 is 5.12. The predicted molar refractivity (Wildman–Crippen MR) is 64.6 cm³/mol. The molecule has 4 nitrogen and oxygen atoms in total. The summed E-state index contributed by atoms with van der Waals surface area (Å²) in [5.74, 6) is 1.13. The molecule has 1 aliphatic carbocycles. The Morgan fingerprint density at radius 3 is 2.94 bits per heavy atom. The number of benzene rings is 1. The molecule has 4 N–H and O–H groups in total. The summed E-state index contributed by atoms with van der Waals surface area (Å²) in [5.41, 5.74) is 7.31. The van der Waals surface area contributed by atoms with Gasteiger partial charge < -0.3 is 20.9 Å². The molecule has 0 amide bonds. The number of nitrogen functional groups attached to an aromatic ring is 1. The Bertz CT molecular complexity index is 364. The van der Waals surface area contributed by atoms with E-state index in [2.05, 4.69) is 5.32 Å². The Labute approximate surface area is 95.4 Å². The van der Waals surface area contributed by atoms with Crippen molar-refractivity contribution in [3.63, 3.8) is 0 Å². The zero-order valence-corrected chi connectivity index (χ0v) is 9.44. The molecule has 2 rings (SSSR count). The van der Waals surface area contributed by atoms with E-state index >= 15 is 0 Å². The molecule has 1 saturated carbocycles. The van der Waals surface area contributed by atoms with Gasteiger partial charge in [-0.15, -0.1) is 0 Å². The van der Waals surface area contributed by atoms with Crippen LogP contribution in [0.5, 0.6) is 5.75 Å². The SMILES string of the molecule is COc1cccc(NCC(O)C2CC2)c1N. The van der Waals surface area contributed by atoms with Gasteiger partial charge in [-0.05, 0) is 30.9 Å². The summed E-state index contributed by atoms with van der Waals surface area (Å²) in [6, 6.07) is 5.58. The van der Waals surface area contributed by atoms with Crippen molar-refractivity contribution in [3.8, 4) is 5.75 Å². The van der Waals surface area contributed by atoms with Crippen molar-refractivity contribution in [1.82, 2.24) is 0 Å².